The van der Waals surface area contributed by atoms with Crippen molar-refractivity contribution in [3.05, 3.63) is 39.9 Å². The van der Waals surface area contributed by atoms with Crippen molar-refractivity contribution in [1.82, 2.24) is 5.32 Å². The van der Waals surface area contributed by atoms with Gasteiger partial charge < -0.3 is 19.9 Å². The van der Waals surface area contributed by atoms with Gasteiger partial charge in [0.2, 0.25) is 5.91 Å². The molecule has 0 radical (unpaired) electrons. The average Bonchev–Trinajstić information content (AvgIpc) is 3.19. The Morgan fingerprint density at radius 2 is 2.04 bits per heavy atom. The van der Waals surface area contributed by atoms with Crippen LogP contribution in [0.15, 0.2) is 24.3 Å². The summed E-state index contributed by atoms with van der Waals surface area (Å²) in [5.41, 5.74) is 0.201. The Labute approximate surface area is 161 Å². The van der Waals surface area contributed by atoms with Gasteiger partial charge in [-0.05, 0) is 18.9 Å². The number of aliphatic carboxylic acids is 1. The average molecular weight is 394 g/mol. The molecule has 2 N–H and O–H groups in total. The van der Waals surface area contributed by atoms with Gasteiger partial charge in [0.25, 0.3) is 5.69 Å². The third-order valence-electron chi connectivity index (χ3n) is 4.49. The molecule has 2 rings (SSSR count). The maximum absolute atomic E-state index is 12.4. The number of benzene rings is 1. The van der Waals surface area contributed by atoms with Crippen LogP contribution in [0.4, 0.5) is 5.69 Å². The summed E-state index contributed by atoms with van der Waals surface area (Å²) < 4.78 is 10.1. The lowest BCUT2D eigenvalue weighted by molar-refractivity contribution is -0.384. The molecule has 0 aromatic heterocycles. The zero-order chi connectivity index (χ0) is 20.7. The first-order valence-electron chi connectivity index (χ1n) is 8.84. The number of carbonyl (C=O) groups excluding carboxylic acids is 2. The molecule has 28 heavy (non-hydrogen) atoms. The first kappa shape index (κ1) is 21.3. The molecule has 0 bridgehead atoms. The molecule has 1 aromatic rings. The highest BCUT2D eigenvalue weighted by Gasteiger charge is 2.35. The summed E-state index contributed by atoms with van der Waals surface area (Å²) in [7, 11) is 0. The fourth-order valence-corrected chi connectivity index (χ4v) is 3.02. The fourth-order valence-electron chi connectivity index (χ4n) is 3.02. The van der Waals surface area contributed by atoms with Gasteiger partial charge >= 0.3 is 11.9 Å². The largest absolute Gasteiger partial charge is 0.480 e. The van der Waals surface area contributed by atoms with Crippen LogP contribution < -0.4 is 5.32 Å². The van der Waals surface area contributed by atoms with E-state index in [0.29, 0.717) is 18.6 Å². The molecule has 1 saturated heterocycles. The molecule has 1 aromatic carbocycles. The number of carbonyl (C=O) groups is 3. The lowest BCUT2D eigenvalue weighted by Gasteiger charge is -2.25. The van der Waals surface area contributed by atoms with Gasteiger partial charge in [-0.1, -0.05) is 12.1 Å². The number of nitrogens with one attached hydrogen (secondary N) is 1. The Bertz CT molecular complexity index is 728. The normalized spacial score (nSPS) is 18.1. The molecule has 1 amide bonds. The molecule has 1 aliphatic rings. The topological polar surface area (TPSA) is 145 Å². The number of non-ortho nitro benzene ring substituents is 1. The van der Waals surface area contributed by atoms with Crippen molar-refractivity contribution in [1.29, 1.82) is 0 Å². The SMILES string of the molecule is CCOC(=O)C[C@@H](c1ccc([N+](=O)[O-])cc1)[C@H](NC(=O)[C@@H]1CCOC1)C(=O)O. The second-order valence-electron chi connectivity index (χ2n) is 6.35. The number of carboxylic acids is 1. The third kappa shape index (κ3) is 5.49. The monoisotopic (exact) mass is 394 g/mol. The van der Waals surface area contributed by atoms with E-state index in [-0.39, 0.29) is 25.3 Å². The van der Waals surface area contributed by atoms with Crippen LogP contribution in [0.25, 0.3) is 0 Å². The zero-order valence-corrected chi connectivity index (χ0v) is 15.3. The molecule has 10 nitrogen and oxygen atoms in total. The van der Waals surface area contributed by atoms with Gasteiger partial charge in [0, 0.05) is 24.7 Å². The molecule has 0 saturated carbocycles. The van der Waals surface area contributed by atoms with Crippen LogP contribution in [-0.4, -0.2) is 53.7 Å². The first-order valence-corrected chi connectivity index (χ1v) is 8.84. The number of esters is 1. The zero-order valence-electron chi connectivity index (χ0n) is 15.3. The predicted molar refractivity (Wildman–Crippen MR) is 95.6 cm³/mol. The van der Waals surface area contributed by atoms with Gasteiger partial charge in [0.05, 0.1) is 30.5 Å². The van der Waals surface area contributed by atoms with Gasteiger partial charge in [-0.15, -0.1) is 0 Å². The van der Waals surface area contributed by atoms with Crippen molar-refractivity contribution in [3.8, 4) is 0 Å². The third-order valence-corrected chi connectivity index (χ3v) is 4.49. The van der Waals surface area contributed by atoms with E-state index < -0.39 is 40.6 Å². The standard InChI is InChI=1S/C18H22N2O8/c1-2-28-15(21)9-14(11-3-5-13(6-4-11)20(25)26)16(18(23)24)19-17(22)12-7-8-27-10-12/h3-6,12,14,16H,2,7-10H2,1H3,(H,19,22)(H,23,24)/t12-,14+,16+/m1/s1. The number of nitro benzene ring substituents is 1. The molecule has 1 heterocycles. The van der Waals surface area contributed by atoms with Gasteiger partial charge in [0.1, 0.15) is 6.04 Å². The highest BCUT2D eigenvalue weighted by molar-refractivity contribution is 5.86. The Balaban J connectivity index is 2.29. The van der Waals surface area contributed by atoms with Crippen molar-refractivity contribution in [2.24, 2.45) is 5.92 Å². The Morgan fingerprint density at radius 1 is 1.36 bits per heavy atom. The molecular weight excluding hydrogens is 372 g/mol. The van der Waals surface area contributed by atoms with Gasteiger partial charge in [0.15, 0.2) is 0 Å². The second kappa shape index (κ2) is 9.79. The maximum atomic E-state index is 12.4. The van der Waals surface area contributed by atoms with E-state index in [1.807, 2.05) is 0 Å². The lowest BCUT2D eigenvalue weighted by atomic mass is 9.87. The lowest BCUT2D eigenvalue weighted by Crippen LogP contribution is -2.47. The molecule has 10 heteroatoms. The molecule has 1 aliphatic heterocycles. The summed E-state index contributed by atoms with van der Waals surface area (Å²) >= 11 is 0. The summed E-state index contributed by atoms with van der Waals surface area (Å²) in [5.74, 6) is -3.83. The van der Waals surface area contributed by atoms with Crippen molar-refractivity contribution in [2.45, 2.75) is 31.7 Å². The van der Waals surface area contributed by atoms with Crippen molar-refractivity contribution in [2.75, 3.05) is 19.8 Å². The van der Waals surface area contributed by atoms with Crippen molar-refractivity contribution in [3.63, 3.8) is 0 Å². The summed E-state index contributed by atoms with van der Waals surface area (Å²) in [6, 6.07) is 3.79. The highest BCUT2D eigenvalue weighted by atomic mass is 16.6. The predicted octanol–water partition coefficient (Wildman–Crippen LogP) is 1.24. The number of nitrogens with zero attached hydrogens (tertiary/aromatic N) is 1. The highest BCUT2D eigenvalue weighted by Crippen LogP contribution is 2.27. The molecular formula is C18H22N2O8. The molecule has 3 atom stereocenters. The summed E-state index contributed by atoms with van der Waals surface area (Å²) in [6.07, 6.45) is 0.183. The number of amides is 1. The van der Waals surface area contributed by atoms with E-state index in [2.05, 4.69) is 5.32 Å². The number of carboxylic acid groups (broad SMARTS) is 1. The van der Waals surface area contributed by atoms with Crippen LogP contribution in [0.5, 0.6) is 0 Å². The summed E-state index contributed by atoms with van der Waals surface area (Å²) in [4.78, 5) is 46.5. The molecule has 0 aliphatic carbocycles. The first-order chi connectivity index (χ1) is 13.3. The number of rotatable bonds is 9. The maximum Gasteiger partial charge on any atom is 0.326 e. The van der Waals surface area contributed by atoms with E-state index in [1.54, 1.807) is 6.92 Å². The number of hydrogen-bond donors (Lipinski definition) is 2. The van der Waals surface area contributed by atoms with E-state index in [1.165, 1.54) is 24.3 Å². The van der Waals surface area contributed by atoms with Crippen LogP contribution in [0.1, 0.15) is 31.2 Å². The van der Waals surface area contributed by atoms with Crippen LogP contribution >= 0.6 is 0 Å². The van der Waals surface area contributed by atoms with Crippen molar-refractivity contribution < 1.29 is 33.9 Å². The van der Waals surface area contributed by atoms with E-state index in [9.17, 15) is 29.6 Å². The quantitative estimate of drug-likeness (QED) is 0.361. The minimum atomic E-state index is -1.40. The Kier molecular flexibility index (Phi) is 7.44. The van der Waals surface area contributed by atoms with Crippen LogP contribution in [0, 0.1) is 16.0 Å². The van der Waals surface area contributed by atoms with Crippen LogP contribution in [0.3, 0.4) is 0 Å². The summed E-state index contributed by atoms with van der Waals surface area (Å²) in [6.45, 7) is 2.37. The van der Waals surface area contributed by atoms with E-state index >= 15 is 0 Å². The van der Waals surface area contributed by atoms with E-state index in [0.717, 1.165) is 0 Å². The number of nitro groups is 1. The number of hydrogen-bond acceptors (Lipinski definition) is 7. The molecule has 152 valence electrons. The van der Waals surface area contributed by atoms with Crippen LogP contribution in [0.2, 0.25) is 0 Å². The second-order valence-corrected chi connectivity index (χ2v) is 6.35. The van der Waals surface area contributed by atoms with E-state index in [4.69, 9.17) is 9.47 Å². The number of ether oxygens (including phenoxy) is 2. The Morgan fingerprint density at radius 3 is 2.54 bits per heavy atom. The smallest absolute Gasteiger partial charge is 0.326 e. The minimum Gasteiger partial charge on any atom is -0.480 e. The van der Waals surface area contributed by atoms with Gasteiger partial charge in [-0.3, -0.25) is 19.7 Å². The van der Waals surface area contributed by atoms with Crippen molar-refractivity contribution >= 4 is 23.5 Å². The Hall–Kier alpha value is -3.01. The van der Waals surface area contributed by atoms with Gasteiger partial charge in [-0.2, -0.15) is 0 Å². The fraction of sp³-hybridized carbons (Fsp3) is 0.500. The minimum absolute atomic E-state index is 0.120. The molecule has 0 spiro atoms. The van der Waals surface area contributed by atoms with Crippen LogP contribution in [-0.2, 0) is 23.9 Å². The molecule has 1 fully saturated rings. The van der Waals surface area contributed by atoms with Gasteiger partial charge in [-0.25, -0.2) is 4.79 Å². The summed E-state index contributed by atoms with van der Waals surface area (Å²) in [5, 5.41) is 23.0. The molecule has 0 unspecified atom stereocenters.